The van der Waals surface area contributed by atoms with Gasteiger partial charge in [0.2, 0.25) is 0 Å². The van der Waals surface area contributed by atoms with Crippen molar-refractivity contribution in [2.24, 2.45) is 0 Å². The van der Waals surface area contributed by atoms with Crippen LogP contribution in [0.15, 0.2) is 42.6 Å². The predicted molar refractivity (Wildman–Crippen MR) is 119 cm³/mol. The summed E-state index contributed by atoms with van der Waals surface area (Å²) in [5, 5.41) is 17.3. The molecule has 9 heteroatoms. The van der Waals surface area contributed by atoms with Crippen molar-refractivity contribution in [1.29, 1.82) is 0 Å². The lowest BCUT2D eigenvalue weighted by molar-refractivity contribution is 0.0901. The van der Waals surface area contributed by atoms with Crippen molar-refractivity contribution in [3.63, 3.8) is 0 Å². The highest BCUT2D eigenvalue weighted by Gasteiger charge is 2.25. The Bertz CT molecular complexity index is 1110. The fourth-order valence-corrected chi connectivity index (χ4v) is 4.52. The van der Waals surface area contributed by atoms with Crippen LogP contribution in [-0.4, -0.2) is 68.9 Å². The number of anilines is 1. The van der Waals surface area contributed by atoms with E-state index in [-0.39, 0.29) is 17.7 Å². The highest BCUT2D eigenvalue weighted by molar-refractivity contribution is 5.93. The molecule has 0 bridgehead atoms. The average Bonchev–Trinajstić information content (AvgIpc) is 3.41. The molecular weight excluding hydrogens is 411 g/mol. The van der Waals surface area contributed by atoms with Crippen molar-refractivity contribution < 1.29 is 14.3 Å². The molecule has 0 saturated carbocycles. The molecule has 2 aromatic heterocycles. The number of imidazole rings is 1. The fourth-order valence-electron chi connectivity index (χ4n) is 4.52. The number of halogens is 1. The van der Waals surface area contributed by atoms with Gasteiger partial charge in [-0.25, -0.2) is 13.9 Å². The molecule has 32 heavy (non-hydrogen) atoms. The molecule has 3 aromatic rings. The first kappa shape index (κ1) is 20.7. The van der Waals surface area contributed by atoms with Gasteiger partial charge in [-0.3, -0.25) is 9.69 Å². The summed E-state index contributed by atoms with van der Waals surface area (Å²) in [5.74, 6) is 0.743. The number of nitrogens with zero attached hydrogens (tertiary/aromatic N) is 5. The van der Waals surface area contributed by atoms with Gasteiger partial charge in [0, 0.05) is 32.2 Å². The van der Waals surface area contributed by atoms with Gasteiger partial charge in [0.05, 0.1) is 12.7 Å². The summed E-state index contributed by atoms with van der Waals surface area (Å²) in [4.78, 5) is 21.5. The molecule has 1 atom stereocenters. The number of amides is 1. The highest BCUT2D eigenvalue weighted by Crippen LogP contribution is 2.21. The van der Waals surface area contributed by atoms with Gasteiger partial charge in [-0.05, 0) is 49.1 Å². The number of hydrogen-bond donors (Lipinski definition) is 2. The van der Waals surface area contributed by atoms with Crippen molar-refractivity contribution in [3.8, 4) is 5.75 Å². The number of hydrogen-bond acceptors (Lipinski definition) is 6. The van der Waals surface area contributed by atoms with Gasteiger partial charge in [0.15, 0.2) is 11.3 Å². The molecule has 2 aliphatic rings. The Morgan fingerprint density at radius 3 is 2.75 bits per heavy atom. The van der Waals surface area contributed by atoms with Crippen LogP contribution in [0.4, 0.5) is 10.2 Å². The van der Waals surface area contributed by atoms with Gasteiger partial charge in [0.1, 0.15) is 17.7 Å². The van der Waals surface area contributed by atoms with Crippen LogP contribution in [0.2, 0.25) is 0 Å². The van der Waals surface area contributed by atoms with Crippen LogP contribution in [0.25, 0.3) is 5.65 Å². The van der Waals surface area contributed by atoms with E-state index in [0.29, 0.717) is 36.7 Å². The monoisotopic (exact) mass is 438 g/mol. The Morgan fingerprint density at radius 1 is 1.16 bits per heavy atom. The maximum atomic E-state index is 13.6. The van der Waals surface area contributed by atoms with Gasteiger partial charge in [-0.2, -0.15) is 0 Å². The van der Waals surface area contributed by atoms with Crippen molar-refractivity contribution in [3.05, 3.63) is 53.9 Å². The number of nitrogens with one attached hydrogen (secondary N) is 1. The van der Waals surface area contributed by atoms with E-state index in [1.165, 1.54) is 0 Å². The zero-order valence-corrected chi connectivity index (χ0v) is 17.8. The van der Waals surface area contributed by atoms with Gasteiger partial charge < -0.3 is 15.3 Å². The Labute approximate surface area is 185 Å². The van der Waals surface area contributed by atoms with Crippen LogP contribution in [0.3, 0.4) is 0 Å². The molecule has 5 rings (SSSR count). The molecule has 2 saturated heterocycles. The number of piperidine rings is 1. The second kappa shape index (κ2) is 8.74. The van der Waals surface area contributed by atoms with Crippen LogP contribution in [-0.2, 0) is 6.54 Å². The third-order valence-corrected chi connectivity index (χ3v) is 6.28. The summed E-state index contributed by atoms with van der Waals surface area (Å²) >= 11 is 0. The van der Waals surface area contributed by atoms with E-state index in [4.69, 9.17) is 0 Å². The molecule has 0 radical (unpaired) electrons. The predicted octanol–water partition coefficient (Wildman–Crippen LogP) is 2.38. The van der Waals surface area contributed by atoms with Crippen LogP contribution < -0.4 is 10.2 Å². The molecular formula is C23H27FN6O2. The first-order valence-corrected chi connectivity index (χ1v) is 11.1. The second-order valence-corrected chi connectivity index (χ2v) is 8.63. The smallest absolute Gasteiger partial charge is 0.271 e. The molecule has 2 aliphatic heterocycles. The topological polar surface area (TPSA) is 86.0 Å². The molecule has 2 N–H and O–H groups in total. The standard InChI is InChI=1S/C23H27FN6O2/c24-17-6-11-29(15-17)22-5-4-21-25-13-20(30(21)27-22)23(32)26-18-7-9-28(10-8-18)14-16-2-1-3-19(31)12-16/h1-5,12-13,17-18,31H,6-11,14-15H2,(H,26,32). The molecule has 0 aliphatic carbocycles. The van der Waals surface area contributed by atoms with Gasteiger partial charge in [-0.1, -0.05) is 12.1 Å². The number of benzene rings is 1. The molecule has 8 nitrogen and oxygen atoms in total. The lowest BCUT2D eigenvalue weighted by Gasteiger charge is -2.32. The lowest BCUT2D eigenvalue weighted by atomic mass is 10.0. The third kappa shape index (κ3) is 4.38. The van der Waals surface area contributed by atoms with Crippen molar-refractivity contribution in [2.45, 2.75) is 38.0 Å². The minimum Gasteiger partial charge on any atom is -0.508 e. The molecule has 4 heterocycles. The molecule has 0 spiro atoms. The second-order valence-electron chi connectivity index (χ2n) is 8.63. The van der Waals surface area contributed by atoms with E-state index in [9.17, 15) is 14.3 Å². The van der Waals surface area contributed by atoms with Gasteiger partial charge >= 0.3 is 0 Å². The summed E-state index contributed by atoms with van der Waals surface area (Å²) in [6, 6.07) is 11.0. The normalized spacial score (nSPS) is 20.2. The van der Waals surface area contributed by atoms with E-state index in [0.717, 1.165) is 38.0 Å². The summed E-state index contributed by atoms with van der Waals surface area (Å²) in [6.07, 6.45) is 2.91. The van der Waals surface area contributed by atoms with E-state index in [1.807, 2.05) is 29.2 Å². The summed E-state index contributed by atoms with van der Waals surface area (Å²) in [5.41, 5.74) is 2.06. The number of alkyl halides is 1. The molecule has 1 aromatic carbocycles. The molecule has 2 fully saturated rings. The average molecular weight is 439 g/mol. The minimum atomic E-state index is -0.837. The van der Waals surface area contributed by atoms with Crippen LogP contribution in [0.1, 0.15) is 35.3 Å². The Hall–Kier alpha value is -3.20. The largest absolute Gasteiger partial charge is 0.508 e. The van der Waals surface area contributed by atoms with E-state index < -0.39 is 6.17 Å². The number of carbonyl (C=O) groups is 1. The van der Waals surface area contributed by atoms with E-state index >= 15 is 0 Å². The highest BCUT2D eigenvalue weighted by atomic mass is 19.1. The number of aromatic nitrogens is 3. The van der Waals surface area contributed by atoms with Gasteiger partial charge in [-0.15, -0.1) is 5.10 Å². The number of fused-ring (bicyclic) bond motifs is 1. The van der Waals surface area contributed by atoms with Crippen LogP contribution in [0, 0.1) is 0 Å². The maximum absolute atomic E-state index is 13.6. The summed E-state index contributed by atoms with van der Waals surface area (Å²) < 4.78 is 15.1. The van der Waals surface area contributed by atoms with Crippen molar-refractivity contribution in [2.75, 3.05) is 31.1 Å². The zero-order chi connectivity index (χ0) is 22.1. The summed E-state index contributed by atoms with van der Waals surface area (Å²) in [7, 11) is 0. The number of phenols is 1. The number of rotatable bonds is 5. The Kier molecular flexibility index (Phi) is 5.65. The van der Waals surface area contributed by atoms with E-state index in [2.05, 4.69) is 20.3 Å². The first-order valence-electron chi connectivity index (χ1n) is 11.1. The Balaban J connectivity index is 1.21. The minimum absolute atomic E-state index is 0.0857. The first-order chi connectivity index (χ1) is 15.5. The molecule has 168 valence electrons. The SMILES string of the molecule is O=C(NC1CCN(Cc2cccc(O)c2)CC1)c1cnc2ccc(N3CCC(F)C3)nn12. The van der Waals surface area contributed by atoms with Crippen LogP contribution >= 0.6 is 0 Å². The van der Waals surface area contributed by atoms with Crippen molar-refractivity contribution in [1.82, 2.24) is 24.8 Å². The van der Waals surface area contributed by atoms with E-state index in [1.54, 1.807) is 22.8 Å². The fraction of sp³-hybridized carbons (Fsp3) is 0.435. The van der Waals surface area contributed by atoms with Crippen molar-refractivity contribution >= 4 is 17.4 Å². The summed E-state index contributed by atoms with van der Waals surface area (Å²) in [6.45, 7) is 3.48. The number of aromatic hydroxyl groups is 1. The molecule has 1 unspecified atom stereocenters. The lowest BCUT2D eigenvalue weighted by Crippen LogP contribution is -2.44. The third-order valence-electron chi connectivity index (χ3n) is 6.28. The molecule has 1 amide bonds. The number of likely N-dealkylation sites (tertiary alicyclic amines) is 1. The Morgan fingerprint density at radius 2 is 2.00 bits per heavy atom. The maximum Gasteiger partial charge on any atom is 0.271 e. The number of carbonyl (C=O) groups excluding carboxylic acids is 1. The zero-order valence-electron chi connectivity index (χ0n) is 17.8. The quantitative estimate of drug-likeness (QED) is 0.636. The van der Waals surface area contributed by atoms with Crippen LogP contribution in [0.5, 0.6) is 5.75 Å². The number of phenolic OH excluding ortho intramolecular Hbond substituents is 1. The van der Waals surface area contributed by atoms with Gasteiger partial charge in [0.25, 0.3) is 5.91 Å².